The summed E-state index contributed by atoms with van der Waals surface area (Å²) in [6, 6.07) is 11.7. The molecule has 0 radical (unpaired) electrons. The van der Waals surface area contributed by atoms with Crippen LogP contribution in [0.25, 0.3) is 5.69 Å². The average Bonchev–Trinajstić information content (AvgIpc) is 3.07. The van der Waals surface area contributed by atoms with Crippen LogP contribution in [-0.2, 0) is 20.0 Å². The summed E-state index contributed by atoms with van der Waals surface area (Å²) in [4.78, 5) is 10.1. The number of nitrogens with zero attached hydrogens (tertiary/aromatic N) is 3. The van der Waals surface area contributed by atoms with Crippen LogP contribution in [0.3, 0.4) is 0 Å². The number of aromatic nitrogens is 2. The van der Waals surface area contributed by atoms with E-state index in [2.05, 4.69) is 14.5 Å². The van der Waals surface area contributed by atoms with E-state index in [9.17, 15) is 26.9 Å². The smallest absolute Gasteiger partial charge is 0.263 e. The third kappa shape index (κ3) is 4.32. The van der Waals surface area contributed by atoms with Crippen LogP contribution in [0.2, 0.25) is 0 Å². The molecule has 0 spiro atoms. The van der Waals surface area contributed by atoms with Crippen LogP contribution in [0.1, 0.15) is 5.69 Å². The average molecular weight is 451 g/mol. The molecular weight excluding hydrogens is 434 g/mol. The highest BCUT2D eigenvalue weighted by atomic mass is 32.2. The number of anilines is 1. The molecule has 2 aromatic carbocycles. The van der Waals surface area contributed by atoms with E-state index in [0.717, 1.165) is 0 Å². The van der Waals surface area contributed by atoms with Crippen molar-refractivity contribution in [2.24, 2.45) is 0 Å². The van der Waals surface area contributed by atoms with Gasteiger partial charge in [0.05, 0.1) is 26.1 Å². The van der Waals surface area contributed by atoms with Crippen molar-refractivity contribution in [2.75, 3.05) is 11.8 Å². The Morgan fingerprint density at radius 2 is 1.47 bits per heavy atom. The van der Waals surface area contributed by atoms with E-state index in [1.807, 2.05) is 0 Å². The Morgan fingerprint density at radius 3 is 1.97 bits per heavy atom. The number of sulfonamides is 2. The highest BCUT2D eigenvalue weighted by molar-refractivity contribution is 7.92. The summed E-state index contributed by atoms with van der Waals surface area (Å²) in [6.45, 7) is 1.66. The molecule has 0 bridgehead atoms. The number of aryl methyl sites for hydroxylation is 1. The van der Waals surface area contributed by atoms with Gasteiger partial charge in [0.2, 0.25) is 10.0 Å². The summed E-state index contributed by atoms with van der Waals surface area (Å²) in [5.74, 6) is 0.119. The third-order valence-electron chi connectivity index (χ3n) is 4.09. The van der Waals surface area contributed by atoms with Crippen LogP contribution in [0.4, 0.5) is 11.5 Å². The Balaban J connectivity index is 1.93. The van der Waals surface area contributed by atoms with E-state index in [4.69, 9.17) is 0 Å². The fourth-order valence-corrected chi connectivity index (χ4v) is 4.36. The Labute approximate surface area is 172 Å². The summed E-state index contributed by atoms with van der Waals surface area (Å²) in [5, 5.41) is 15.0. The molecule has 0 fully saturated rings. The summed E-state index contributed by atoms with van der Waals surface area (Å²) in [5.41, 5.74) is 0.824. The maximum absolute atomic E-state index is 12.8. The van der Waals surface area contributed by atoms with Gasteiger partial charge in [-0.1, -0.05) is 0 Å². The van der Waals surface area contributed by atoms with Gasteiger partial charge in [-0.2, -0.15) is 5.10 Å². The van der Waals surface area contributed by atoms with Gasteiger partial charge < -0.3 is 0 Å². The predicted molar refractivity (Wildman–Crippen MR) is 108 cm³/mol. The lowest BCUT2D eigenvalue weighted by Gasteiger charge is -2.11. The van der Waals surface area contributed by atoms with E-state index in [1.54, 1.807) is 6.92 Å². The molecule has 0 aliphatic heterocycles. The van der Waals surface area contributed by atoms with Gasteiger partial charge in [-0.05, 0) is 50.4 Å². The topological polar surface area (TPSA) is 153 Å². The molecular formula is C17H17N5O6S2. The highest BCUT2D eigenvalue weighted by Crippen LogP contribution is 2.23. The number of benzene rings is 2. The molecule has 0 saturated carbocycles. The predicted octanol–water partition coefficient (Wildman–Crippen LogP) is 1.80. The second-order valence-electron chi connectivity index (χ2n) is 6.14. The molecule has 0 aliphatic rings. The lowest BCUT2D eigenvalue weighted by Crippen LogP contribution is -2.19. The van der Waals surface area contributed by atoms with Gasteiger partial charge in [0.1, 0.15) is 5.82 Å². The normalized spacial score (nSPS) is 11.9. The van der Waals surface area contributed by atoms with Gasteiger partial charge in [0, 0.05) is 18.2 Å². The second kappa shape index (κ2) is 7.85. The Bertz CT molecular complexity index is 1300. The van der Waals surface area contributed by atoms with Gasteiger partial charge in [0.25, 0.3) is 15.7 Å². The maximum Gasteiger partial charge on any atom is 0.269 e. The molecule has 0 saturated heterocycles. The Hall–Kier alpha value is -3.29. The Morgan fingerprint density at radius 1 is 0.933 bits per heavy atom. The molecule has 3 aromatic rings. The third-order valence-corrected chi connectivity index (χ3v) is 6.89. The molecule has 30 heavy (non-hydrogen) atoms. The first-order valence-corrected chi connectivity index (χ1v) is 11.4. The highest BCUT2D eigenvalue weighted by Gasteiger charge is 2.20. The minimum Gasteiger partial charge on any atom is -0.263 e. The molecule has 11 nitrogen and oxygen atoms in total. The van der Waals surface area contributed by atoms with Crippen LogP contribution < -0.4 is 9.44 Å². The number of nitro benzene ring substituents is 1. The fraction of sp³-hybridized carbons (Fsp3) is 0.118. The lowest BCUT2D eigenvalue weighted by molar-refractivity contribution is -0.384. The quantitative estimate of drug-likeness (QED) is 0.410. The van der Waals surface area contributed by atoms with Crippen molar-refractivity contribution in [3.63, 3.8) is 0 Å². The fourth-order valence-electron chi connectivity index (χ4n) is 2.60. The SMILES string of the molecule is CNS(=O)(=O)c1ccc(S(=O)(=O)Nc2cc(C)nn2-c2ccc([N+](=O)[O-])cc2)cc1. The van der Waals surface area contributed by atoms with Crippen molar-refractivity contribution < 1.29 is 21.8 Å². The molecule has 0 atom stereocenters. The summed E-state index contributed by atoms with van der Waals surface area (Å²) < 4.78 is 55.0. The number of hydrogen-bond donors (Lipinski definition) is 2. The molecule has 0 unspecified atom stereocenters. The van der Waals surface area contributed by atoms with Crippen LogP contribution in [0.15, 0.2) is 64.4 Å². The van der Waals surface area contributed by atoms with Crippen LogP contribution >= 0.6 is 0 Å². The lowest BCUT2D eigenvalue weighted by atomic mass is 10.3. The molecule has 1 heterocycles. The number of nitro groups is 1. The Kier molecular flexibility index (Phi) is 5.61. The molecule has 2 N–H and O–H groups in total. The summed E-state index contributed by atoms with van der Waals surface area (Å²) >= 11 is 0. The maximum atomic E-state index is 12.8. The van der Waals surface area contributed by atoms with Gasteiger partial charge in [-0.3, -0.25) is 14.8 Å². The zero-order valence-electron chi connectivity index (χ0n) is 15.8. The van der Waals surface area contributed by atoms with Crippen LogP contribution in [0.5, 0.6) is 0 Å². The molecule has 13 heteroatoms. The summed E-state index contributed by atoms with van der Waals surface area (Å²) in [7, 11) is -6.50. The zero-order valence-corrected chi connectivity index (χ0v) is 17.4. The molecule has 1 aromatic heterocycles. The van der Waals surface area contributed by atoms with Crippen molar-refractivity contribution in [3.8, 4) is 5.69 Å². The van der Waals surface area contributed by atoms with Crippen LogP contribution in [-0.4, -0.2) is 38.6 Å². The van der Waals surface area contributed by atoms with E-state index in [0.29, 0.717) is 11.4 Å². The first kappa shape index (κ1) is 21.4. The number of non-ortho nitro benzene ring substituents is 1. The van der Waals surface area contributed by atoms with Gasteiger partial charge >= 0.3 is 0 Å². The van der Waals surface area contributed by atoms with Gasteiger partial charge in [-0.25, -0.2) is 26.2 Å². The van der Waals surface area contributed by atoms with Crippen LogP contribution in [0, 0.1) is 17.0 Å². The standard InChI is InChI=1S/C17H17N5O6S2/c1-12-11-17(21(19-12)13-3-5-14(6-4-13)22(23)24)20-30(27,28)16-9-7-15(8-10-16)29(25,26)18-2/h3-11,18,20H,1-2H3. The minimum atomic E-state index is -4.06. The molecule has 0 aliphatic carbocycles. The zero-order chi connectivity index (χ0) is 22.1. The molecule has 0 amide bonds. The van der Waals surface area contributed by atoms with Crippen molar-refractivity contribution >= 4 is 31.6 Å². The second-order valence-corrected chi connectivity index (χ2v) is 9.71. The van der Waals surface area contributed by atoms with Crippen molar-refractivity contribution in [2.45, 2.75) is 16.7 Å². The van der Waals surface area contributed by atoms with Crippen molar-refractivity contribution in [3.05, 3.63) is 70.4 Å². The number of nitrogens with one attached hydrogen (secondary N) is 2. The van der Waals surface area contributed by atoms with Crippen molar-refractivity contribution in [1.82, 2.24) is 14.5 Å². The monoisotopic (exact) mass is 451 g/mol. The first-order chi connectivity index (χ1) is 14.0. The van der Waals surface area contributed by atoms with Gasteiger partial charge in [-0.15, -0.1) is 0 Å². The van der Waals surface area contributed by atoms with Gasteiger partial charge in [0.15, 0.2) is 0 Å². The van der Waals surface area contributed by atoms with E-state index in [-0.39, 0.29) is 21.3 Å². The molecule has 158 valence electrons. The largest absolute Gasteiger partial charge is 0.269 e. The molecule has 3 rings (SSSR count). The number of rotatable bonds is 7. The van der Waals surface area contributed by atoms with E-state index in [1.165, 1.54) is 66.3 Å². The van der Waals surface area contributed by atoms with E-state index < -0.39 is 25.0 Å². The summed E-state index contributed by atoms with van der Waals surface area (Å²) in [6.07, 6.45) is 0. The first-order valence-electron chi connectivity index (χ1n) is 8.41. The van der Waals surface area contributed by atoms with Crippen molar-refractivity contribution in [1.29, 1.82) is 0 Å². The number of hydrogen-bond acceptors (Lipinski definition) is 7. The van der Waals surface area contributed by atoms with E-state index >= 15 is 0 Å². The minimum absolute atomic E-state index is 0.0734.